The van der Waals surface area contributed by atoms with Crippen molar-refractivity contribution in [3.63, 3.8) is 0 Å². The molecule has 0 unspecified atom stereocenters. The molecule has 18 heavy (non-hydrogen) atoms. The number of benzene rings is 2. The predicted octanol–water partition coefficient (Wildman–Crippen LogP) is 3.24. The Hall–Kier alpha value is -1.94. The van der Waals surface area contributed by atoms with E-state index in [1.54, 1.807) is 36.0 Å². The van der Waals surface area contributed by atoms with Gasteiger partial charge < -0.3 is 11.1 Å². The number of para-hydroxylation sites is 2. The summed E-state index contributed by atoms with van der Waals surface area (Å²) in [6.07, 6.45) is 2.00. The molecule has 0 saturated heterocycles. The molecule has 92 valence electrons. The highest BCUT2D eigenvalue weighted by molar-refractivity contribution is 7.98. The highest BCUT2D eigenvalue weighted by Gasteiger charge is 2.07. The first kappa shape index (κ1) is 12.5. The van der Waals surface area contributed by atoms with Crippen LogP contribution in [0.4, 0.5) is 11.4 Å². The van der Waals surface area contributed by atoms with Crippen LogP contribution in [0.3, 0.4) is 0 Å². The molecule has 0 atom stereocenters. The van der Waals surface area contributed by atoms with E-state index in [0.717, 1.165) is 4.90 Å². The zero-order chi connectivity index (χ0) is 13.0. The molecular weight excluding hydrogens is 244 g/mol. The van der Waals surface area contributed by atoms with Gasteiger partial charge in [-0.05, 0) is 42.7 Å². The summed E-state index contributed by atoms with van der Waals surface area (Å²) in [6.45, 7) is 0. The Balaban J connectivity index is 2.14. The lowest BCUT2D eigenvalue weighted by Crippen LogP contribution is -2.12. The van der Waals surface area contributed by atoms with E-state index < -0.39 is 0 Å². The number of nitrogens with one attached hydrogen (secondary N) is 1. The molecule has 0 aromatic heterocycles. The Labute approximate surface area is 110 Å². The fourth-order valence-electron chi connectivity index (χ4n) is 1.55. The molecule has 2 aromatic rings. The summed E-state index contributed by atoms with van der Waals surface area (Å²) < 4.78 is 0. The van der Waals surface area contributed by atoms with Gasteiger partial charge in [-0.25, -0.2) is 0 Å². The van der Waals surface area contributed by atoms with Crippen LogP contribution in [-0.4, -0.2) is 12.2 Å². The third-order valence-corrected chi connectivity index (χ3v) is 3.30. The average molecular weight is 258 g/mol. The van der Waals surface area contributed by atoms with Crippen molar-refractivity contribution in [2.24, 2.45) is 0 Å². The van der Waals surface area contributed by atoms with Gasteiger partial charge in [-0.2, -0.15) is 0 Å². The monoisotopic (exact) mass is 258 g/mol. The minimum absolute atomic E-state index is 0.152. The SMILES string of the molecule is CSc1ccc(C(=O)Nc2ccccc2N)cc1. The van der Waals surface area contributed by atoms with E-state index >= 15 is 0 Å². The Morgan fingerprint density at radius 1 is 1.11 bits per heavy atom. The lowest BCUT2D eigenvalue weighted by molar-refractivity contribution is 0.102. The Morgan fingerprint density at radius 2 is 1.78 bits per heavy atom. The molecule has 2 aromatic carbocycles. The molecule has 0 spiro atoms. The van der Waals surface area contributed by atoms with Gasteiger partial charge in [0.25, 0.3) is 5.91 Å². The standard InChI is InChI=1S/C14H14N2OS/c1-18-11-8-6-10(7-9-11)14(17)16-13-5-3-2-4-12(13)15/h2-9H,15H2,1H3,(H,16,17). The van der Waals surface area contributed by atoms with Crippen molar-refractivity contribution in [3.05, 3.63) is 54.1 Å². The van der Waals surface area contributed by atoms with Crippen LogP contribution in [0.1, 0.15) is 10.4 Å². The van der Waals surface area contributed by atoms with Gasteiger partial charge in [0.2, 0.25) is 0 Å². The number of anilines is 2. The summed E-state index contributed by atoms with van der Waals surface area (Å²) in [4.78, 5) is 13.1. The van der Waals surface area contributed by atoms with E-state index in [1.807, 2.05) is 30.5 Å². The summed E-state index contributed by atoms with van der Waals surface area (Å²) in [5, 5.41) is 2.79. The zero-order valence-corrected chi connectivity index (χ0v) is 10.8. The highest BCUT2D eigenvalue weighted by atomic mass is 32.2. The van der Waals surface area contributed by atoms with E-state index in [-0.39, 0.29) is 5.91 Å². The first-order valence-corrected chi connectivity index (χ1v) is 6.73. The van der Waals surface area contributed by atoms with Crippen molar-refractivity contribution in [1.82, 2.24) is 0 Å². The minimum atomic E-state index is -0.152. The molecule has 3 nitrogen and oxygen atoms in total. The Bertz CT molecular complexity index is 552. The van der Waals surface area contributed by atoms with Crippen LogP contribution >= 0.6 is 11.8 Å². The molecule has 3 N–H and O–H groups in total. The molecule has 0 aliphatic heterocycles. The van der Waals surface area contributed by atoms with Crippen molar-refractivity contribution in [1.29, 1.82) is 0 Å². The summed E-state index contributed by atoms with van der Waals surface area (Å²) in [5.74, 6) is -0.152. The van der Waals surface area contributed by atoms with Gasteiger partial charge >= 0.3 is 0 Å². The fraction of sp³-hybridized carbons (Fsp3) is 0.0714. The van der Waals surface area contributed by atoms with Crippen LogP contribution < -0.4 is 11.1 Å². The van der Waals surface area contributed by atoms with Gasteiger partial charge in [-0.3, -0.25) is 4.79 Å². The van der Waals surface area contributed by atoms with Gasteiger partial charge in [0.1, 0.15) is 0 Å². The van der Waals surface area contributed by atoms with Gasteiger partial charge in [0, 0.05) is 10.5 Å². The summed E-state index contributed by atoms with van der Waals surface area (Å²) in [7, 11) is 0. The zero-order valence-electron chi connectivity index (χ0n) is 10.0. The Morgan fingerprint density at radius 3 is 2.39 bits per heavy atom. The van der Waals surface area contributed by atoms with Gasteiger partial charge in [0.05, 0.1) is 11.4 Å². The molecule has 0 fully saturated rings. The summed E-state index contributed by atoms with van der Waals surface area (Å²) >= 11 is 1.64. The predicted molar refractivity (Wildman–Crippen MR) is 77.0 cm³/mol. The van der Waals surface area contributed by atoms with Crippen molar-refractivity contribution < 1.29 is 4.79 Å². The third-order valence-electron chi connectivity index (χ3n) is 2.56. The number of nitrogens with two attached hydrogens (primary N) is 1. The molecule has 4 heteroatoms. The van der Waals surface area contributed by atoms with Crippen LogP contribution in [0.25, 0.3) is 0 Å². The van der Waals surface area contributed by atoms with Crippen LogP contribution in [-0.2, 0) is 0 Å². The number of hydrogen-bond donors (Lipinski definition) is 2. The lowest BCUT2D eigenvalue weighted by Gasteiger charge is -2.08. The van der Waals surface area contributed by atoms with E-state index in [9.17, 15) is 4.79 Å². The van der Waals surface area contributed by atoms with Crippen molar-refractivity contribution in [2.45, 2.75) is 4.90 Å². The Kier molecular flexibility index (Phi) is 3.89. The third kappa shape index (κ3) is 2.84. The first-order valence-electron chi connectivity index (χ1n) is 5.50. The van der Waals surface area contributed by atoms with Crippen molar-refractivity contribution in [3.8, 4) is 0 Å². The van der Waals surface area contributed by atoms with E-state index in [1.165, 1.54) is 0 Å². The molecule has 1 amide bonds. The molecular formula is C14H14N2OS. The number of rotatable bonds is 3. The van der Waals surface area contributed by atoms with Crippen LogP contribution in [0, 0.1) is 0 Å². The number of carbonyl (C=O) groups excluding carboxylic acids is 1. The summed E-state index contributed by atoms with van der Waals surface area (Å²) in [6, 6.07) is 14.7. The van der Waals surface area contributed by atoms with Crippen LogP contribution in [0.2, 0.25) is 0 Å². The number of thioether (sulfide) groups is 1. The minimum Gasteiger partial charge on any atom is -0.397 e. The normalized spacial score (nSPS) is 10.1. The van der Waals surface area contributed by atoms with Gasteiger partial charge in [-0.1, -0.05) is 12.1 Å². The topological polar surface area (TPSA) is 55.1 Å². The maximum absolute atomic E-state index is 12.0. The molecule has 2 rings (SSSR count). The lowest BCUT2D eigenvalue weighted by atomic mass is 10.2. The van der Waals surface area contributed by atoms with Crippen molar-refractivity contribution in [2.75, 3.05) is 17.3 Å². The number of nitrogen functional groups attached to an aromatic ring is 1. The fourth-order valence-corrected chi connectivity index (χ4v) is 1.96. The number of hydrogen-bond acceptors (Lipinski definition) is 3. The quantitative estimate of drug-likeness (QED) is 0.656. The van der Waals surface area contributed by atoms with E-state index in [0.29, 0.717) is 16.9 Å². The maximum atomic E-state index is 12.0. The molecule has 0 heterocycles. The van der Waals surface area contributed by atoms with Crippen LogP contribution in [0.15, 0.2) is 53.4 Å². The second-order valence-corrected chi connectivity index (χ2v) is 4.65. The number of carbonyl (C=O) groups is 1. The largest absolute Gasteiger partial charge is 0.397 e. The summed E-state index contributed by atoms with van der Waals surface area (Å²) in [5.41, 5.74) is 7.59. The second kappa shape index (κ2) is 5.60. The number of amides is 1. The molecule has 0 bridgehead atoms. The maximum Gasteiger partial charge on any atom is 0.255 e. The highest BCUT2D eigenvalue weighted by Crippen LogP contribution is 2.19. The average Bonchev–Trinajstić information content (AvgIpc) is 2.41. The van der Waals surface area contributed by atoms with E-state index in [2.05, 4.69) is 5.32 Å². The van der Waals surface area contributed by atoms with Crippen LogP contribution in [0.5, 0.6) is 0 Å². The molecule has 0 saturated carbocycles. The first-order chi connectivity index (χ1) is 8.70. The molecule has 0 aliphatic carbocycles. The molecule has 0 aliphatic rings. The second-order valence-electron chi connectivity index (χ2n) is 3.77. The van der Waals surface area contributed by atoms with Gasteiger partial charge in [-0.15, -0.1) is 11.8 Å². The van der Waals surface area contributed by atoms with Gasteiger partial charge in [0.15, 0.2) is 0 Å². The van der Waals surface area contributed by atoms with E-state index in [4.69, 9.17) is 5.73 Å². The molecule has 0 radical (unpaired) electrons. The smallest absolute Gasteiger partial charge is 0.255 e. The van der Waals surface area contributed by atoms with Crippen molar-refractivity contribution >= 4 is 29.0 Å².